The zero-order chi connectivity index (χ0) is 10.7. The van der Waals surface area contributed by atoms with E-state index >= 15 is 0 Å². The van der Waals surface area contributed by atoms with Crippen LogP contribution in [0.4, 0.5) is 0 Å². The maximum atomic E-state index is 10.2. The number of hydrogen-bond acceptors (Lipinski definition) is 6. The van der Waals surface area contributed by atoms with Crippen LogP contribution in [0.1, 0.15) is 6.92 Å². The quantitative estimate of drug-likeness (QED) is 0.463. The lowest BCUT2D eigenvalue weighted by molar-refractivity contribution is -0.270. The van der Waals surface area contributed by atoms with E-state index in [1.54, 1.807) is 6.92 Å². The molecule has 0 aromatic carbocycles. The van der Waals surface area contributed by atoms with Gasteiger partial charge in [0.15, 0.2) is 12.6 Å². The van der Waals surface area contributed by atoms with E-state index in [1.807, 2.05) is 0 Å². The first kappa shape index (κ1) is 11.5. The third-order valence-corrected chi connectivity index (χ3v) is 2.06. The van der Waals surface area contributed by atoms with E-state index in [0.717, 1.165) is 0 Å². The highest BCUT2D eigenvalue weighted by molar-refractivity contribution is 5.56. The summed E-state index contributed by atoms with van der Waals surface area (Å²) >= 11 is 0. The molecule has 0 radical (unpaired) electrons. The molecular formula is C8H14O6. The maximum Gasteiger partial charge on any atom is 0.155 e. The normalized spacial score (nSPS) is 37.6. The van der Waals surface area contributed by atoms with E-state index in [-0.39, 0.29) is 12.9 Å². The van der Waals surface area contributed by atoms with Gasteiger partial charge >= 0.3 is 0 Å². The Morgan fingerprint density at radius 1 is 1.50 bits per heavy atom. The number of aliphatic hydroxyl groups is 3. The van der Waals surface area contributed by atoms with Crippen LogP contribution in [0, 0.1) is 0 Å². The summed E-state index contributed by atoms with van der Waals surface area (Å²) in [5, 5.41) is 27.8. The summed E-state index contributed by atoms with van der Waals surface area (Å²) in [7, 11) is 0. The Bertz CT molecular complexity index is 196. The summed E-state index contributed by atoms with van der Waals surface area (Å²) in [5.74, 6) is 0. The van der Waals surface area contributed by atoms with Crippen molar-refractivity contribution in [2.24, 2.45) is 0 Å². The van der Waals surface area contributed by atoms with Crippen LogP contribution in [-0.4, -0.2) is 58.9 Å². The predicted molar refractivity (Wildman–Crippen MR) is 44.4 cm³/mol. The van der Waals surface area contributed by atoms with Gasteiger partial charge in [-0.25, -0.2) is 0 Å². The largest absolute Gasteiger partial charge is 0.388 e. The molecule has 6 nitrogen and oxygen atoms in total. The zero-order valence-electron chi connectivity index (χ0n) is 7.74. The molecule has 0 aliphatic carbocycles. The van der Waals surface area contributed by atoms with Gasteiger partial charge in [0.2, 0.25) is 0 Å². The van der Waals surface area contributed by atoms with Gasteiger partial charge in [-0.2, -0.15) is 0 Å². The summed E-state index contributed by atoms with van der Waals surface area (Å²) in [6, 6.07) is 0. The Morgan fingerprint density at radius 3 is 2.71 bits per heavy atom. The lowest BCUT2D eigenvalue weighted by atomic mass is 10.0. The molecule has 5 atom stereocenters. The first-order valence-electron chi connectivity index (χ1n) is 4.33. The van der Waals surface area contributed by atoms with Crippen molar-refractivity contribution < 1.29 is 29.6 Å². The van der Waals surface area contributed by atoms with Gasteiger partial charge in [-0.1, -0.05) is 0 Å². The van der Waals surface area contributed by atoms with Crippen LogP contribution in [0.3, 0.4) is 0 Å². The molecule has 82 valence electrons. The minimum Gasteiger partial charge on any atom is -0.388 e. The van der Waals surface area contributed by atoms with Crippen LogP contribution in [0.5, 0.6) is 0 Å². The molecule has 1 heterocycles. The van der Waals surface area contributed by atoms with Gasteiger partial charge in [-0.05, 0) is 6.92 Å². The first-order chi connectivity index (χ1) is 6.56. The lowest BCUT2D eigenvalue weighted by Crippen LogP contribution is -2.53. The van der Waals surface area contributed by atoms with Crippen LogP contribution in [-0.2, 0) is 14.3 Å². The molecule has 3 N–H and O–H groups in total. The molecule has 0 unspecified atom stereocenters. The lowest BCUT2D eigenvalue weighted by Gasteiger charge is -2.35. The fourth-order valence-electron chi connectivity index (χ4n) is 1.26. The van der Waals surface area contributed by atoms with Gasteiger partial charge in [-0.15, -0.1) is 0 Å². The smallest absolute Gasteiger partial charge is 0.155 e. The van der Waals surface area contributed by atoms with Crippen LogP contribution < -0.4 is 0 Å². The van der Waals surface area contributed by atoms with E-state index in [0.29, 0.717) is 0 Å². The van der Waals surface area contributed by atoms with E-state index < -0.39 is 30.7 Å². The van der Waals surface area contributed by atoms with Crippen molar-refractivity contribution in [2.75, 3.05) is 6.61 Å². The van der Waals surface area contributed by atoms with E-state index in [9.17, 15) is 15.0 Å². The Labute approximate surface area is 81.1 Å². The van der Waals surface area contributed by atoms with Crippen molar-refractivity contribution >= 4 is 6.29 Å². The number of rotatable bonds is 3. The van der Waals surface area contributed by atoms with Crippen LogP contribution in [0.25, 0.3) is 0 Å². The number of ether oxygens (including phenoxy) is 2. The average molecular weight is 206 g/mol. The summed E-state index contributed by atoms with van der Waals surface area (Å²) in [5.41, 5.74) is 0. The predicted octanol–water partition coefficient (Wildman–Crippen LogP) is -1.97. The monoisotopic (exact) mass is 206 g/mol. The maximum absolute atomic E-state index is 10.2. The standard InChI is InChI=1S/C8H14O6/c1-4-13-3-6(11)8(14-4)7(12)5(10)2-9/h2,4-8,10-12H,3H2,1H3/t4-,5+,6-,7-,8-/m1/s1. The molecule has 0 spiro atoms. The first-order valence-corrected chi connectivity index (χ1v) is 4.33. The van der Waals surface area contributed by atoms with Crippen LogP contribution in [0.2, 0.25) is 0 Å². The number of aliphatic hydroxyl groups excluding tert-OH is 3. The molecule has 1 aliphatic heterocycles. The van der Waals surface area contributed by atoms with Gasteiger partial charge in [0.25, 0.3) is 0 Å². The minimum absolute atomic E-state index is 0.00840. The van der Waals surface area contributed by atoms with Crippen molar-refractivity contribution in [3.8, 4) is 0 Å². The SMILES string of the molecule is C[C@@H]1OC[C@@H](O)[C@H]([C@H](O)[C@@H](O)C=O)O1. The van der Waals surface area contributed by atoms with Gasteiger partial charge in [0, 0.05) is 0 Å². The molecule has 1 aliphatic rings. The summed E-state index contributed by atoms with van der Waals surface area (Å²) in [6.07, 6.45) is -5.42. The number of aldehydes is 1. The van der Waals surface area contributed by atoms with Crippen molar-refractivity contribution in [2.45, 2.75) is 37.6 Å². The van der Waals surface area contributed by atoms with Crippen LogP contribution >= 0.6 is 0 Å². The van der Waals surface area contributed by atoms with Crippen molar-refractivity contribution in [1.82, 2.24) is 0 Å². The van der Waals surface area contributed by atoms with Gasteiger partial charge < -0.3 is 29.6 Å². The van der Waals surface area contributed by atoms with Crippen molar-refractivity contribution in [3.05, 3.63) is 0 Å². The third-order valence-electron chi connectivity index (χ3n) is 2.06. The molecule has 1 fully saturated rings. The second-order valence-electron chi connectivity index (χ2n) is 3.19. The molecule has 1 saturated heterocycles. The number of hydrogen-bond donors (Lipinski definition) is 3. The highest BCUT2D eigenvalue weighted by atomic mass is 16.7. The highest BCUT2D eigenvalue weighted by Crippen LogP contribution is 2.17. The molecule has 1 rings (SSSR count). The van der Waals surface area contributed by atoms with Gasteiger partial charge in [0.05, 0.1) is 6.61 Å². The summed E-state index contributed by atoms with van der Waals surface area (Å²) in [6.45, 7) is 1.60. The Hall–Kier alpha value is -0.530. The molecule has 0 saturated carbocycles. The topological polar surface area (TPSA) is 96.2 Å². The number of carbonyl (C=O) groups is 1. The van der Waals surface area contributed by atoms with Gasteiger partial charge in [-0.3, -0.25) is 0 Å². The minimum atomic E-state index is -1.56. The fourth-order valence-corrected chi connectivity index (χ4v) is 1.26. The van der Waals surface area contributed by atoms with Crippen molar-refractivity contribution in [1.29, 1.82) is 0 Å². The molecular weight excluding hydrogens is 192 g/mol. The molecule has 6 heteroatoms. The zero-order valence-corrected chi connectivity index (χ0v) is 7.74. The Balaban J connectivity index is 2.59. The van der Waals surface area contributed by atoms with Crippen LogP contribution in [0.15, 0.2) is 0 Å². The van der Waals surface area contributed by atoms with E-state index in [4.69, 9.17) is 14.6 Å². The molecule has 0 aromatic rings. The molecule has 0 bridgehead atoms. The highest BCUT2D eigenvalue weighted by Gasteiger charge is 2.37. The number of carbonyl (C=O) groups excluding carboxylic acids is 1. The Morgan fingerprint density at radius 2 is 2.14 bits per heavy atom. The second-order valence-corrected chi connectivity index (χ2v) is 3.19. The third kappa shape index (κ3) is 2.49. The van der Waals surface area contributed by atoms with E-state index in [2.05, 4.69) is 0 Å². The second kappa shape index (κ2) is 4.81. The molecule has 14 heavy (non-hydrogen) atoms. The summed E-state index contributed by atoms with van der Waals surface area (Å²) in [4.78, 5) is 10.2. The fraction of sp³-hybridized carbons (Fsp3) is 0.875. The Kier molecular flexibility index (Phi) is 3.97. The van der Waals surface area contributed by atoms with E-state index in [1.165, 1.54) is 0 Å². The molecule has 0 amide bonds. The van der Waals surface area contributed by atoms with Gasteiger partial charge in [0.1, 0.15) is 24.4 Å². The molecule has 0 aromatic heterocycles. The summed E-state index contributed by atoms with van der Waals surface area (Å²) < 4.78 is 9.97. The average Bonchev–Trinajstić information content (AvgIpc) is 2.19. The van der Waals surface area contributed by atoms with Crippen molar-refractivity contribution in [3.63, 3.8) is 0 Å².